The summed E-state index contributed by atoms with van der Waals surface area (Å²) < 4.78 is 7.19. The van der Waals surface area contributed by atoms with Crippen molar-refractivity contribution < 1.29 is 14.3 Å². The zero-order valence-electron chi connectivity index (χ0n) is 23.9. The maximum Gasteiger partial charge on any atom is 0.240 e. The first-order valence-corrected chi connectivity index (χ1v) is 15.0. The molecule has 0 saturated carbocycles. The van der Waals surface area contributed by atoms with Gasteiger partial charge in [-0.15, -0.1) is 11.8 Å². The van der Waals surface area contributed by atoms with Crippen molar-refractivity contribution in [2.45, 2.75) is 18.7 Å². The second-order valence-corrected chi connectivity index (χ2v) is 11.3. The van der Waals surface area contributed by atoms with Gasteiger partial charge in [-0.1, -0.05) is 60.7 Å². The van der Waals surface area contributed by atoms with E-state index in [1.165, 1.54) is 0 Å². The van der Waals surface area contributed by atoms with Crippen LogP contribution in [0.15, 0.2) is 103 Å². The van der Waals surface area contributed by atoms with Gasteiger partial charge in [0.2, 0.25) is 11.8 Å². The first-order valence-electron chi connectivity index (χ1n) is 14.0. The van der Waals surface area contributed by atoms with Gasteiger partial charge in [0.15, 0.2) is 0 Å². The number of aromatic nitrogens is 3. The minimum Gasteiger partial charge on any atom is -0.497 e. The highest BCUT2D eigenvalue weighted by molar-refractivity contribution is 8.00. The number of amides is 2. The van der Waals surface area contributed by atoms with Crippen molar-refractivity contribution >= 4 is 29.4 Å². The molecule has 0 radical (unpaired) electrons. The molecule has 6 rings (SSSR count). The molecule has 1 atom stereocenters. The number of methoxy groups -OCH3 is 1. The normalized spacial score (nSPS) is 14.6. The molecule has 1 N–H and O–H groups in total. The summed E-state index contributed by atoms with van der Waals surface area (Å²) in [5, 5.41) is 7.89. The van der Waals surface area contributed by atoms with Gasteiger partial charge in [0.25, 0.3) is 0 Å². The number of benzene rings is 3. The highest BCUT2D eigenvalue weighted by Crippen LogP contribution is 2.49. The molecule has 1 aliphatic rings. The summed E-state index contributed by atoms with van der Waals surface area (Å²) in [4.78, 5) is 33.2. The number of pyridine rings is 1. The Hall–Kier alpha value is -4.89. The largest absolute Gasteiger partial charge is 0.497 e. The second kappa shape index (κ2) is 12.5. The summed E-state index contributed by atoms with van der Waals surface area (Å²) in [6, 6.07) is 31.3. The maximum atomic E-state index is 13.9. The molecule has 3 heterocycles. The van der Waals surface area contributed by atoms with E-state index in [4.69, 9.17) is 9.84 Å². The number of carbonyl (C=O) groups is 2. The molecule has 0 saturated heterocycles. The summed E-state index contributed by atoms with van der Waals surface area (Å²) in [7, 11) is 1.62. The quantitative estimate of drug-likeness (QED) is 0.249. The molecule has 43 heavy (non-hydrogen) atoms. The zero-order chi connectivity index (χ0) is 29.8. The van der Waals surface area contributed by atoms with E-state index >= 15 is 0 Å². The van der Waals surface area contributed by atoms with E-state index in [1.807, 2.05) is 84.9 Å². The summed E-state index contributed by atoms with van der Waals surface area (Å²) in [5.41, 5.74) is 6.31. The second-order valence-electron chi connectivity index (χ2n) is 10.2. The van der Waals surface area contributed by atoms with Crippen LogP contribution in [-0.2, 0) is 16.1 Å². The van der Waals surface area contributed by atoms with E-state index in [0.29, 0.717) is 11.6 Å². The number of thioether (sulfide) groups is 1. The van der Waals surface area contributed by atoms with Crippen molar-refractivity contribution in [2.24, 2.45) is 0 Å². The molecule has 9 heteroatoms. The lowest BCUT2D eigenvalue weighted by molar-refractivity contribution is -0.123. The molecule has 216 valence electrons. The molecule has 1 aliphatic heterocycles. The Morgan fingerprint density at radius 2 is 1.72 bits per heavy atom. The van der Waals surface area contributed by atoms with Crippen molar-refractivity contribution in [3.8, 4) is 22.7 Å². The number of hydrogen-bond acceptors (Lipinski definition) is 6. The van der Waals surface area contributed by atoms with Gasteiger partial charge in [-0.05, 0) is 54.4 Å². The number of nitrogens with one attached hydrogen (secondary N) is 1. The Balaban J connectivity index is 1.52. The Morgan fingerprint density at radius 3 is 2.44 bits per heavy atom. The molecule has 0 aliphatic carbocycles. The van der Waals surface area contributed by atoms with Crippen LogP contribution in [0.5, 0.6) is 5.75 Å². The fourth-order valence-electron chi connectivity index (χ4n) is 5.25. The fourth-order valence-corrected chi connectivity index (χ4v) is 6.54. The number of carbonyl (C=O) groups excluding carboxylic acids is 2. The van der Waals surface area contributed by atoms with Crippen LogP contribution in [-0.4, -0.2) is 46.0 Å². The predicted molar refractivity (Wildman–Crippen MR) is 169 cm³/mol. The minimum atomic E-state index is -0.284. The molecular formula is C34H31N5O3S. The average Bonchev–Trinajstić information content (AvgIpc) is 3.38. The van der Waals surface area contributed by atoms with Gasteiger partial charge >= 0.3 is 0 Å². The van der Waals surface area contributed by atoms with Crippen LogP contribution in [0.2, 0.25) is 0 Å². The topological polar surface area (TPSA) is 89.3 Å². The van der Waals surface area contributed by atoms with Crippen molar-refractivity contribution in [3.05, 3.63) is 126 Å². The molecule has 2 amide bonds. The van der Waals surface area contributed by atoms with Crippen molar-refractivity contribution in [3.63, 3.8) is 0 Å². The molecule has 0 unspecified atom stereocenters. The number of hydrogen-bond donors (Lipinski definition) is 1. The monoisotopic (exact) mass is 589 g/mol. The standard InChI is InChI=1S/C34H31N5O3S/c1-23-10-6-7-14-28(23)33-31-32(24-11-4-3-5-12-24)37-39(26-15-17-27(42-2)18-16-26)34(31)38(30(41)22-43-33)21-29(40)36-20-25-13-8-9-19-35-25/h3-19,33H,20-22H2,1-2H3,(H,36,40)/t33-/m0/s1. The lowest BCUT2D eigenvalue weighted by Gasteiger charge is -2.23. The van der Waals surface area contributed by atoms with Gasteiger partial charge in [0.1, 0.15) is 18.1 Å². The molecule has 5 aromatic rings. The first-order chi connectivity index (χ1) is 21.0. The lowest BCUT2D eigenvalue weighted by Crippen LogP contribution is -2.42. The van der Waals surface area contributed by atoms with Gasteiger partial charge in [-0.3, -0.25) is 19.5 Å². The molecule has 0 fully saturated rings. The number of anilines is 1. The van der Waals surface area contributed by atoms with Crippen LogP contribution in [0.25, 0.3) is 16.9 Å². The SMILES string of the molecule is COc1ccc(-n2nc(-c3ccccc3)c3c2N(CC(=O)NCc2ccccn2)C(=O)CS[C@H]3c2ccccc2C)cc1. The number of fused-ring (bicyclic) bond motifs is 1. The maximum absolute atomic E-state index is 13.9. The molecule has 0 bridgehead atoms. The molecule has 0 spiro atoms. The third-order valence-corrected chi connectivity index (χ3v) is 8.66. The molecule has 8 nitrogen and oxygen atoms in total. The summed E-state index contributed by atoms with van der Waals surface area (Å²) >= 11 is 1.56. The molecule has 2 aromatic heterocycles. The molecular weight excluding hydrogens is 558 g/mol. The Bertz CT molecular complexity index is 1740. The Labute approximate surface area is 254 Å². The highest BCUT2D eigenvalue weighted by Gasteiger charge is 2.38. The smallest absolute Gasteiger partial charge is 0.240 e. The van der Waals surface area contributed by atoms with Gasteiger partial charge in [-0.25, -0.2) is 4.68 Å². The third kappa shape index (κ3) is 5.89. The minimum absolute atomic E-state index is 0.157. The van der Waals surface area contributed by atoms with Crippen molar-refractivity contribution in [2.75, 3.05) is 24.3 Å². The van der Waals surface area contributed by atoms with E-state index in [0.717, 1.165) is 39.3 Å². The fraction of sp³-hybridized carbons (Fsp3) is 0.176. The molecule has 3 aromatic carbocycles. The van der Waals surface area contributed by atoms with Gasteiger partial charge in [-0.2, -0.15) is 5.10 Å². The predicted octanol–water partition coefficient (Wildman–Crippen LogP) is 5.74. The summed E-state index contributed by atoms with van der Waals surface area (Å²) in [6.07, 6.45) is 1.69. The third-order valence-electron chi connectivity index (χ3n) is 7.42. The zero-order valence-corrected chi connectivity index (χ0v) is 24.8. The van der Waals surface area contributed by atoms with Gasteiger partial charge in [0.05, 0.1) is 41.7 Å². The van der Waals surface area contributed by atoms with Crippen LogP contribution in [0.3, 0.4) is 0 Å². The number of aryl methyl sites for hydroxylation is 1. The van der Waals surface area contributed by atoms with E-state index in [1.54, 1.807) is 34.7 Å². The van der Waals surface area contributed by atoms with Crippen LogP contribution in [0.1, 0.15) is 27.6 Å². The van der Waals surface area contributed by atoms with Crippen molar-refractivity contribution in [1.29, 1.82) is 0 Å². The number of nitrogens with zero attached hydrogens (tertiary/aromatic N) is 4. The van der Waals surface area contributed by atoms with E-state index < -0.39 is 0 Å². The highest BCUT2D eigenvalue weighted by atomic mass is 32.2. The lowest BCUT2D eigenvalue weighted by atomic mass is 9.97. The Morgan fingerprint density at radius 1 is 0.977 bits per heavy atom. The van der Waals surface area contributed by atoms with E-state index in [9.17, 15) is 9.59 Å². The summed E-state index contributed by atoms with van der Waals surface area (Å²) in [6.45, 7) is 2.19. The van der Waals surface area contributed by atoms with Crippen LogP contribution in [0, 0.1) is 6.92 Å². The average molecular weight is 590 g/mol. The van der Waals surface area contributed by atoms with Crippen molar-refractivity contribution in [1.82, 2.24) is 20.1 Å². The Kier molecular flexibility index (Phi) is 8.24. The number of rotatable bonds is 8. The van der Waals surface area contributed by atoms with Crippen LogP contribution >= 0.6 is 11.8 Å². The van der Waals surface area contributed by atoms with Crippen LogP contribution < -0.4 is 15.0 Å². The van der Waals surface area contributed by atoms with Crippen LogP contribution in [0.4, 0.5) is 5.82 Å². The number of ether oxygens (including phenoxy) is 1. The van der Waals surface area contributed by atoms with E-state index in [-0.39, 0.29) is 35.9 Å². The summed E-state index contributed by atoms with van der Waals surface area (Å²) in [5.74, 6) is 1.05. The van der Waals surface area contributed by atoms with Gasteiger partial charge < -0.3 is 10.1 Å². The van der Waals surface area contributed by atoms with Gasteiger partial charge in [0, 0.05) is 17.3 Å². The van der Waals surface area contributed by atoms with E-state index in [2.05, 4.69) is 29.4 Å². The first kappa shape index (κ1) is 28.2.